The normalized spacial score (nSPS) is 10.2. The van der Waals surface area contributed by atoms with Gasteiger partial charge in [0.25, 0.3) is 0 Å². The fourth-order valence-corrected chi connectivity index (χ4v) is 1.57. The predicted octanol–water partition coefficient (Wildman–Crippen LogP) is 2.17. The molecule has 0 aliphatic rings. The minimum absolute atomic E-state index is 0.494. The van der Waals surface area contributed by atoms with Crippen LogP contribution in [0.3, 0.4) is 0 Å². The van der Waals surface area contributed by atoms with Gasteiger partial charge in [-0.1, -0.05) is 0 Å². The number of methoxy groups -OCH3 is 2. The summed E-state index contributed by atoms with van der Waals surface area (Å²) in [6.07, 6.45) is 3.36. The van der Waals surface area contributed by atoms with E-state index in [1.807, 2.05) is 19.9 Å². The van der Waals surface area contributed by atoms with Crippen molar-refractivity contribution in [2.45, 2.75) is 13.8 Å². The van der Waals surface area contributed by atoms with Crippen LogP contribution >= 0.6 is 0 Å². The van der Waals surface area contributed by atoms with E-state index in [1.165, 1.54) is 0 Å². The Bertz CT molecular complexity index is 570. The van der Waals surface area contributed by atoms with Crippen molar-refractivity contribution in [1.82, 2.24) is 15.0 Å². The van der Waals surface area contributed by atoms with Crippen LogP contribution in [0.15, 0.2) is 18.5 Å². The lowest BCUT2D eigenvalue weighted by Gasteiger charge is -2.10. The molecule has 0 saturated heterocycles. The first-order valence-corrected chi connectivity index (χ1v) is 5.54. The average molecular weight is 245 g/mol. The maximum atomic E-state index is 5.27. The Labute approximate surface area is 106 Å². The minimum atomic E-state index is 0.494. The van der Waals surface area contributed by atoms with Crippen LogP contribution in [0, 0.1) is 13.8 Å². The fraction of sp³-hybridized carbons (Fsp3) is 0.308. The largest absolute Gasteiger partial charge is 0.495 e. The van der Waals surface area contributed by atoms with E-state index in [0.717, 1.165) is 17.0 Å². The van der Waals surface area contributed by atoms with Gasteiger partial charge in [0, 0.05) is 11.8 Å². The van der Waals surface area contributed by atoms with Gasteiger partial charge in [-0.05, 0) is 19.9 Å². The Morgan fingerprint density at radius 3 is 2.33 bits per heavy atom. The highest BCUT2D eigenvalue weighted by Crippen LogP contribution is 2.28. The average Bonchev–Trinajstić information content (AvgIpc) is 2.41. The minimum Gasteiger partial charge on any atom is -0.495 e. The third-order valence-electron chi connectivity index (χ3n) is 2.69. The lowest BCUT2D eigenvalue weighted by molar-refractivity contribution is 0.396. The Morgan fingerprint density at radius 1 is 0.944 bits per heavy atom. The van der Waals surface area contributed by atoms with E-state index in [0.29, 0.717) is 17.3 Å². The molecule has 5 heteroatoms. The standard InChI is InChI=1S/C13H15N3O2/c1-8-9(2)16-13(18-4)12(15-8)10-5-11(17-3)7-14-6-10/h5-7H,1-4H3. The van der Waals surface area contributed by atoms with Crippen LogP contribution in [0.5, 0.6) is 11.6 Å². The van der Waals surface area contributed by atoms with Gasteiger partial charge in [0.2, 0.25) is 5.88 Å². The number of hydrogen-bond donors (Lipinski definition) is 0. The van der Waals surface area contributed by atoms with E-state index in [2.05, 4.69) is 15.0 Å². The maximum Gasteiger partial charge on any atom is 0.240 e. The van der Waals surface area contributed by atoms with Gasteiger partial charge in [-0.25, -0.2) is 9.97 Å². The second-order valence-corrected chi connectivity index (χ2v) is 3.87. The Kier molecular flexibility index (Phi) is 3.41. The first kappa shape index (κ1) is 12.3. The van der Waals surface area contributed by atoms with E-state index in [-0.39, 0.29) is 0 Å². The van der Waals surface area contributed by atoms with Crippen molar-refractivity contribution in [2.75, 3.05) is 14.2 Å². The van der Waals surface area contributed by atoms with Crippen LogP contribution in [0.25, 0.3) is 11.3 Å². The van der Waals surface area contributed by atoms with Crippen molar-refractivity contribution in [1.29, 1.82) is 0 Å². The predicted molar refractivity (Wildman–Crippen MR) is 67.8 cm³/mol. The molecule has 0 fully saturated rings. The SMILES string of the molecule is COc1cncc(-c2nc(C)c(C)nc2OC)c1. The number of hydrogen-bond acceptors (Lipinski definition) is 5. The molecular formula is C13H15N3O2. The molecule has 0 amide bonds. The van der Waals surface area contributed by atoms with E-state index >= 15 is 0 Å². The molecular weight excluding hydrogens is 230 g/mol. The highest BCUT2D eigenvalue weighted by molar-refractivity contribution is 5.65. The van der Waals surface area contributed by atoms with Gasteiger partial charge in [0.05, 0.1) is 31.8 Å². The molecule has 0 aliphatic carbocycles. The zero-order chi connectivity index (χ0) is 13.1. The molecule has 18 heavy (non-hydrogen) atoms. The molecule has 94 valence electrons. The summed E-state index contributed by atoms with van der Waals surface area (Å²) < 4.78 is 10.4. The molecule has 0 bridgehead atoms. The van der Waals surface area contributed by atoms with Gasteiger partial charge < -0.3 is 9.47 Å². The molecule has 0 radical (unpaired) electrons. The third-order valence-corrected chi connectivity index (χ3v) is 2.69. The number of ether oxygens (including phenoxy) is 2. The van der Waals surface area contributed by atoms with Crippen LogP contribution in [-0.2, 0) is 0 Å². The van der Waals surface area contributed by atoms with E-state index < -0.39 is 0 Å². The van der Waals surface area contributed by atoms with Crippen molar-refractivity contribution in [3.8, 4) is 22.9 Å². The van der Waals surface area contributed by atoms with E-state index in [9.17, 15) is 0 Å². The number of rotatable bonds is 3. The molecule has 0 spiro atoms. The Balaban J connectivity index is 2.58. The molecule has 2 aromatic heterocycles. The maximum absolute atomic E-state index is 5.27. The molecule has 0 unspecified atom stereocenters. The molecule has 2 heterocycles. The van der Waals surface area contributed by atoms with Crippen molar-refractivity contribution in [3.05, 3.63) is 29.8 Å². The van der Waals surface area contributed by atoms with Gasteiger partial charge in [-0.3, -0.25) is 4.98 Å². The van der Waals surface area contributed by atoms with E-state index in [4.69, 9.17) is 9.47 Å². The summed E-state index contributed by atoms with van der Waals surface area (Å²) in [6, 6.07) is 1.86. The highest BCUT2D eigenvalue weighted by Gasteiger charge is 2.12. The second-order valence-electron chi connectivity index (χ2n) is 3.87. The summed E-state index contributed by atoms with van der Waals surface area (Å²) >= 11 is 0. The molecule has 2 rings (SSSR count). The van der Waals surface area contributed by atoms with Gasteiger partial charge in [-0.2, -0.15) is 0 Å². The van der Waals surface area contributed by atoms with Crippen molar-refractivity contribution < 1.29 is 9.47 Å². The van der Waals surface area contributed by atoms with Crippen molar-refractivity contribution in [3.63, 3.8) is 0 Å². The smallest absolute Gasteiger partial charge is 0.240 e. The summed E-state index contributed by atoms with van der Waals surface area (Å²) in [4.78, 5) is 13.0. The summed E-state index contributed by atoms with van der Waals surface area (Å²) in [7, 11) is 3.18. The second kappa shape index (κ2) is 5.00. The van der Waals surface area contributed by atoms with Gasteiger partial charge in [-0.15, -0.1) is 0 Å². The molecule has 0 aliphatic heterocycles. The monoisotopic (exact) mass is 245 g/mol. The first-order chi connectivity index (χ1) is 8.65. The fourth-order valence-electron chi connectivity index (χ4n) is 1.57. The van der Waals surface area contributed by atoms with Crippen LogP contribution in [0.1, 0.15) is 11.4 Å². The van der Waals surface area contributed by atoms with Crippen LogP contribution < -0.4 is 9.47 Å². The van der Waals surface area contributed by atoms with Crippen molar-refractivity contribution >= 4 is 0 Å². The number of pyridine rings is 1. The number of nitrogens with zero attached hydrogens (tertiary/aromatic N) is 3. The van der Waals surface area contributed by atoms with Crippen LogP contribution in [0.2, 0.25) is 0 Å². The van der Waals surface area contributed by atoms with Crippen LogP contribution in [0.4, 0.5) is 0 Å². The zero-order valence-corrected chi connectivity index (χ0v) is 10.9. The van der Waals surface area contributed by atoms with E-state index in [1.54, 1.807) is 26.6 Å². The number of aryl methyl sites for hydroxylation is 2. The molecule has 0 aromatic carbocycles. The zero-order valence-electron chi connectivity index (χ0n) is 10.9. The third kappa shape index (κ3) is 2.25. The molecule has 0 atom stereocenters. The van der Waals surface area contributed by atoms with Crippen LogP contribution in [-0.4, -0.2) is 29.2 Å². The molecule has 5 nitrogen and oxygen atoms in total. The summed E-state index contributed by atoms with van der Waals surface area (Å²) in [5.74, 6) is 1.17. The number of aromatic nitrogens is 3. The summed E-state index contributed by atoms with van der Waals surface area (Å²) in [6.45, 7) is 3.82. The summed E-state index contributed by atoms with van der Waals surface area (Å²) in [5.41, 5.74) is 3.22. The first-order valence-electron chi connectivity index (χ1n) is 5.54. The van der Waals surface area contributed by atoms with Gasteiger partial charge in [0.1, 0.15) is 11.4 Å². The quantitative estimate of drug-likeness (QED) is 0.829. The van der Waals surface area contributed by atoms with Gasteiger partial charge in [0.15, 0.2) is 0 Å². The lowest BCUT2D eigenvalue weighted by Crippen LogP contribution is -2.00. The Hall–Kier alpha value is -2.17. The van der Waals surface area contributed by atoms with Crippen molar-refractivity contribution in [2.24, 2.45) is 0 Å². The molecule has 2 aromatic rings. The lowest BCUT2D eigenvalue weighted by atomic mass is 10.2. The highest BCUT2D eigenvalue weighted by atomic mass is 16.5. The topological polar surface area (TPSA) is 57.1 Å². The summed E-state index contributed by atoms with van der Waals surface area (Å²) in [5, 5.41) is 0. The Morgan fingerprint density at radius 2 is 1.67 bits per heavy atom. The molecule has 0 N–H and O–H groups in total. The molecule has 0 saturated carbocycles. The van der Waals surface area contributed by atoms with Gasteiger partial charge >= 0.3 is 0 Å².